The maximum absolute atomic E-state index is 13.7. The third-order valence-corrected chi connectivity index (χ3v) is 7.45. The first-order valence-electron chi connectivity index (χ1n) is 12.8. The maximum atomic E-state index is 13.7. The van der Waals surface area contributed by atoms with Crippen LogP contribution in [-0.4, -0.2) is 75.9 Å². The van der Waals surface area contributed by atoms with Gasteiger partial charge in [0.15, 0.2) is 0 Å². The van der Waals surface area contributed by atoms with Crippen molar-refractivity contribution in [3.05, 3.63) is 11.8 Å². The smallest absolute Gasteiger partial charge is 0.256 e. The summed E-state index contributed by atoms with van der Waals surface area (Å²) in [6, 6.07) is 1.04. The number of rotatable bonds is 9. The van der Waals surface area contributed by atoms with Crippen molar-refractivity contribution in [2.24, 2.45) is 0 Å². The van der Waals surface area contributed by atoms with Gasteiger partial charge in [-0.1, -0.05) is 13.3 Å². The van der Waals surface area contributed by atoms with Crippen LogP contribution in [-0.2, 0) is 0 Å². The molecule has 0 unspecified atom stereocenters. The quantitative estimate of drug-likeness (QED) is 0.447. The van der Waals surface area contributed by atoms with Crippen LogP contribution in [0.3, 0.4) is 0 Å². The van der Waals surface area contributed by atoms with E-state index in [1.165, 1.54) is 25.5 Å². The predicted octanol–water partition coefficient (Wildman–Crippen LogP) is 3.10. The van der Waals surface area contributed by atoms with E-state index < -0.39 is 6.17 Å². The molecule has 2 aliphatic carbocycles. The molecule has 1 aromatic rings. The number of aliphatic hydroxyl groups is 1. The number of amides is 1. The summed E-state index contributed by atoms with van der Waals surface area (Å²) in [5, 5.41) is 19.3. The Kier molecular flexibility index (Phi) is 8.35. The van der Waals surface area contributed by atoms with E-state index in [9.17, 15) is 14.3 Å². The average molecular weight is 463 g/mol. The Morgan fingerprint density at radius 2 is 1.88 bits per heavy atom. The van der Waals surface area contributed by atoms with E-state index in [0.29, 0.717) is 23.8 Å². The third kappa shape index (κ3) is 6.53. The Hall–Kier alpha value is -2.00. The van der Waals surface area contributed by atoms with Crippen molar-refractivity contribution in [2.75, 3.05) is 30.3 Å². The maximum Gasteiger partial charge on any atom is 0.256 e. The lowest BCUT2D eigenvalue weighted by molar-refractivity contribution is 0.0800. The van der Waals surface area contributed by atoms with Crippen molar-refractivity contribution in [2.45, 2.75) is 102 Å². The summed E-state index contributed by atoms with van der Waals surface area (Å²) >= 11 is 0. The van der Waals surface area contributed by atoms with Gasteiger partial charge in [-0.2, -0.15) is 4.98 Å². The number of halogens is 1. The van der Waals surface area contributed by atoms with Crippen LogP contribution in [0.25, 0.3) is 0 Å². The van der Waals surface area contributed by atoms with E-state index in [-0.39, 0.29) is 30.6 Å². The Morgan fingerprint density at radius 3 is 2.52 bits per heavy atom. The van der Waals surface area contributed by atoms with E-state index in [1.807, 2.05) is 0 Å². The number of aromatic nitrogens is 2. The number of carbonyl (C=O) groups excluding carboxylic acids is 1. The molecule has 9 heteroatoms. The van der Waals surface area contributed by atoms with Gasteiger partial charge in [-0.15, -0.1) is 0 Å². The fourth-order valence-electron chi connectivity index (χ4n) is 4.93. The summed E-state index contributed by atoms with van der Waals surface area (Å²) in [4.78, 5) is 24.5. The molecule has 2 saturated carbocycles. The zero-order valence-electron chi connectivity index (χ0n) is 19.7. The lowest BCUT2D eigenvalue weighted by atomic mass is 9.89. The van der Waals surface area contributed by atoms with Crippen molar-refractivity contribution in [3.8, 4) is 0 Å². The normalized spacial score (nSPS) is 25.8. The molecule has 3 aliphatic rings. The minimum absolute atomic E-state index is 0.136. The number of nitrogens with one attached hydrogen (secondary N) is 3. The summed E-state index contributed by atoms with van der Waals surface area (Å²) in [5.74, 6) is 0.624. The van der Waals surface area contributed by atoms with Gasteiger partial charge < -0.3 is 26.0 Å². The molecule has 1 atom stereocenters. The Labute approximate surface area is 196 Å². The summed E-state index contributed by atoms with van der Waals surface area (Å²) < 4.78 is 13.7. The molecular formula is C24H39FN6O2. The molecule has 33 heavy (non-hydrogen) atoms. The van der Waals surface area contributed by atoms with E-state index in [0.717, 1.165) is 57.7 Å². The van der Waals surface area contributed by atoms with E-state index in [1.54, 1.807) is 6.92 Å². The highest BCUT2D eigenvalue weighted by Gasteiger charge is 2.30. The first-order chi connectivity index (χ1) is 16.0. The highest BCUT2D eigenvalue weighted by molar-refractivity contribution is 5.98. The lowest BCUT2D eigenvalue weighted by Crippen LogP contribution is -2.49. The second-order valence-corrected chi connectivity index (χ2v) is 9.86. The van der Waals surface area contributed by atoms with Crippen LogP contribution >= 0.6 is 0 Å². The number of piperidine rings is 1. The fraction of sp³-hybridized carbons (Fsp3) is 0.792. The van der Waals surface area contributed by atoms with E-state index in [2.05, 4.69) is 30.8 Å². The molecule has 4 N–H and O–H groups in total. The van der Waals surface area contributed by atoms with Gasteiger partial charge in [-0.3, -0.25) is 4.79 Å². The SMILES string of the molecule is CC[C@H](F)CNc1ncc(C(=O)NC2CCN(C3CCC3)CC2)c(NC2CCC(O)CC2)n1. The van der Waals surface area contributed by atoms with E-state index >= 15 is 0 Å². The largest absolute Gasteiger partial charge is 0.393 e. The van der Waals surface area contributed by atoms with Crippen molar-refractivity contribution < 1.29 is 14.3 Å². The van der Waals surface area contributed by atoms with Crippen molar-refractivity contribution in [3.63, 3.8) is 0 Å². The first kappa shape index (κ1) is 24.1. The van der Waals surface area contributed by atoms with Gasteiger partial charge >= 0.3 is 0 Å². The molecule has 1 amide bonds. The Bertz CT molecular complexity index is 776. The highest BCUT2D eigenvalue weighted by Crippen LogP contribution is 2.28. The molecular weight excluding hydrogens is 423 g/mol. The molecule has 0 radical (unpaired) electrons. The number of aliphatic hydroxyl groups excluding tert-OH is 1. The second kappa shape index (κ2) is 11.4. The monoisotopic (exact) mass is 462 g/mol. The van der Waals surface area contributed by atoms with Gasteiger partial charge in [0.2, 0.25) is 5.95 Å². The van der Waals surface area contributed by atoms with Crippen LogP contribution in [0, 0.1) is 0 Å². The lowest BCUT2D eigenvalue weighted by Gasteiger charge is -2.41. The molecule has 0 spiro atoms. The highest BCUT2D eigenvalue weighted by atomic mass is 19.1. The molecule has 8 nitrogen and oxygen atoms in total. The molecule has 184 valence electrons. The third-order valence-electron chi connectivity index (χ3n) is 7.45. The first-order valence-corrected chi connectivity index (χ1v) is 12.8. The molecule has 4 rings (SSSR count). The zero-order chi connectivity index (χ0) is 23.2. The summed E-state index contributed by atoms with van der Waals surface area (Å²) in [6.07, 6.45) is 9.70. The van der Waals surface area contributed by atoms with Gasteiger partial charge in [-0.05, 0) is 57.8 Å². The van der Waals surface area contributed by atoms with Crippen LogP contribution in [0.5, 0.6) is 0 Å². The van der Waals surface area contributed by atoms with Crippen molar-refractivity contribution >= 4 is 17.7 Å². The topological polar surface area (TPSA) is 102 Å². The molecule has 0 aromatic carbocycles. The number of nitrogens with zero attached hydrogens (tertiary/aromatic N) is 3. The summed E-state index contributed by atoms with van der Waals surface area (Å²) in [7, 11) is 0. The number of alkyl halides is 1. The molecule has 0 bridgehead atoms. The summed E-state index contributed by atoms with van der Waals surface area (Å²) in [6.45, 7) is 4.00. The molecule has 1 aromatic heterocycles. The minimum atomic E-state index is -0.974. The van der Waals surface area contributed by atoms with Crippen LogP contribution in [0.2, 0.25) is 0 Å². The van der Waals surface area contributed by atoms with Crippen LogP contribution in [0.4, 0.5) is 16.2 Å². The second-order valence-electron chi connectivity index (χ2n) is 9.86. The standard InChI is InChI=1S/C24H39FN6O2/c1-2-16(25)14-26-24-27-15-21(22(30-24)28-17-6-8-20(32)9-7-17)23(33)29-18-10-12-31(13-11-18)19-4-3-5-19/h15-20,32H,2-14H2,1H3,(H,29,33)(H2,26,27,28,30)/t16-,17?,20?/m0/s1. The van der Waals surface area contributed by atoms with Crippen LogP contribution < -0.4 is 16.0 Å². The minimum Gasteiger partial charge on any atom is -0.393 e. The molecule has 1 saturated heterocycles. The van der Waals surface area contributed by atoms with Gasteiger partial charge in [-0.25, -0.2) is 9.37 Å². The van der Waals surface area contributed by atoms with Gasteiger partial charge in [0, 0.05) is 44.0 Å². The number of hydrogen-bond donors (Lipinski definition) is 4. The number of likely N-dealkylation sites (tertiary alicyclic amines) is 1. The number of anilines is 2. The predicted molar refractivity (Wildman–Crippen MR) is 127 cm³/mol. The van der Waals surface area contributed by atoms with Crippen LogP contribution in [0.1, 0.15) is 81.5 Å². The molecule has 2 heterocycles. The van der Waals surface area contributed by atoms with Crippen molar-refractivity contribution in [1.82, 2.24) is 20.2 Å². The van der Waals surface area contributed by atoms with Gasteiger partial charge in [0.05, 0.1) is 6.10 Å². The average Bonchev–Trinajstić information content (AvgIpc) is 2.79. The molecule has 3 fully saturated rings. The van der Waals surface area contributed by atoms with E-state index in [4.69, 9.17) is 0 Å². The fourth-order valence-corrected chi connectivity index (χ4v) is 4.93. The van der Waals surface area contributed by atoms with Gasteiger partial charge in [0.1, 0.15) is 17.6 Å². The summed E-state index contributed by atoms with van der Waals surface area (Å²) in [5.41, 5.74) is 0.417. The van der Waals surface area contributed by atoms with Crippen molar-refractivity contribution in [1.29, 1.82) is 0 Å². The van der Waals surface area contributed by atoms with Gasteiger partial charge in [0.25, 0.3) is 5.91 Å². The number of carbonyl (C=O) groups is 1. The number of hydrogen-bond acceptors (Lipinski definition) is 7. The molecule has 1 aliphatic heterocycles. The van der Waals surface area contributed by atoms with Crippen LogP contribution in [0.15, 0.2) is 6.20 Å². The zero-order valence-corrected chi connectivity index (χ0v) is 19.7. The Balaban J connectivity index is 1.40. The Morgan fingerprint density at radius 1 is 1.15 bits per heavy atom.